The smallest absolute Gasteiger partial charge is 0.271 e. The van der Waals surface area contributed by atoms with Crippen LogP contribution in [0.4, 0.5) is 5.69 Å². The van der Waals surface area contributed by atoms with Crippen LogP contribution in [0.2, 0.25) is 0 Å². The maximum absolute atomic E-state index is 12.7. The van der Waals surface area contributed by atoms with E-state index < -0.39 is 0 Å². The Kier molecular flexibility index (Phi) is 4.03. The van der Waals surface area contributed by atoms with Crippen LogP contribution in [0.5, 0.6) is 0 Å². The second kappa shape index (κ2) is 6.33. The highest BCUT2D eigenvalue weighted by atomic mass is 79.9. The Morgan fingerprint density at radius 2 is 1.88 bits per heavy atom. The topological polar surface area (TPSA) is 50.5 Å². The molecule has 0 saturated carbocycles. The molecule has 1 aliphatic heterocycles. The summed E-state index contributed by atoms with van der Waals surface area (Å²) in [6, 6.07) is 11.8. The van der Waals surface area contributed by atoms with Crippen LogP contribution >= 0.6 is 27.3 Å². The van der Waals surface area contributed by atoms with Crippen LogP contribution in [0.1, 0.15) is 5.56 Å². The molecule has 0 unspecified atom stereocenters. The first-order chi connectivity index (χ1) is 11.7. The SMILES string of the molecule is O=c1c(=Cc2ccncc2)sc2n1CN(c1ccc(Br)cc1)CN=2. The van der Waals surface area contributed by atoms with Crippen molar-refractivity contribution in [3.05, 3.63) is 78.5 Å². The van der Waals surface area contributed by atoms with Crippen molar-refractivity contribution < 1.29 is 0 Å². The van der Waals surface area contributed by atoms with Gasteiger partial charge >= 0.3 is 0 Å². The van der Waals surface area contributed by atoms with Crippen molar-refractivity contribution in [1.82, 2.24) is 9.55 Å². The Morgan fingerprint density at radius 1 is 1.12 bits per heavy atom. The molecule has 0 amide bonds. The van der Waals surface area contributed by atoms with Gasteiger partial charge in [-0.25, -0.2) is 4.99 Å². The van der Waals surface area contributed by atoms with Crippen molar-refractivity contribution >= 4 is 39.0 Å². The largest absolute Gasteiger partial charge is 0.334 e. The summed E-state index contributed by atoms with van der Waals surface area (Å²) in [5.74, 6) is 0. The number of nitrogens with zero attached hydrogens (tertiary/aromatic N) is 4. The van der Waals surface area contributed by atoms with E-state index in [-0.39, 0.29) is 5.56 Å². The number of aromatic nitrogens is 2. The van der Waals surface area contributed by atoms with Crippen LogP contribution in [-0.4, -0.2) is 16.2 Å². The van der Waals surface area contributed by atoms with Crippen LogP contribution < -0.4 is 19.8 Å². The van der Waals surface area contributed by atoms with Crippen molar-refractivity contribution in [3.8, 4) is 0 Å². The molecule has 0 fully saturated rings. The summed E-state index contributed by atoms with van der Waals surface area (Å²) in [5, 5.41) is 0. The molecule has 0 spiro atoms. The molecular formula is C17H13BrN4OS. The van der Waals surface area contributed by atoms with Crippen LogP contribution in [0.3, 0.4) is 0 Å². The molecule has 2 aromatic heterocycles. The highest BCUT2D eigenvalue weighted by molar-refractivity contribution is 9.10. The lowest BCUT2D eigenvalue weighted by atomic mass is 10.2. The van der Waals surface area contributed by atoms with Crippen molar-refractivity contribution in [2.24, 2.45) is 4.99 Å². The van der Waals surface area contributed by atoms with Crippen LogP contribution in [0.25, 0.3) is 6.08 Å². The Balaban J connectivity index is 1.71. The molecular weight excluding hydrogens is 388 g/mol. The molecule has 4 rings (SSSR count). The first-order valence-corrected chi connectivity index (χ1v) is 8.98. The Bertz CT molecular complexity index is 1040. The molecule has 0 aliphatic carbocycles. The second-order valence-electron chi connectivity index (χ2n) is 5.36. The molecule has 0 atom stereocenters. The number of benzene rings is 1. The van der Waals surface area contributed by atoms with Crippen molar-refractivity contribution in [1.29, 1.82) is 0 Å². The summed E-state index contributed by atoms with van der Waals surface area (Å²) in [5.41, 5.74) is 2.01. The fraction of sp³-hybridized carbons (Fsp3) is 0.118. The fourth-order valence-electron chi connectivity index (χ4n) is 2.54. The lowest BCUT2D eigenvalue weighted by Gasteiger charge is -2.25. The number of thiazole rings is 1. The molecule has 0 saturated heterocycles. The molecule has 24 heavy (non-hydrogen) atoms. The molecule has 1 aliphatic rings. The number of anilines is 1. The van der Waals surface area contributed by atoms with Gasteiger partial charge in [0.25, 0.3) is 5.56 Å². The van der Waals surface area contributed by atoms with E-state index >= 15 is 0 Å². The summed E-state index contributed by atoms with van der Waals surface area (Å²) < 4.78 is 3.45. The highest BCUT2D eigenvalue weighted by Crippen LogP contribution is 2.19. The summed E-state index contributed by atoms with van der Waals surface area (Å²) in [7, 11) is 0. The van der Waals surface area contributed by atoms with Crippen LogP contribution in [-0.2, 0) is 6.67 Å². The van der Waals surface area contributed by atoms with Crippen molar-refractivity contribution in [2.45, 2.75) is 6.67 Å². The van der Waals surface area contributed by atoms with Gasteiger partial charge in [0.1, 0.15) is 13.3 Å². The van der Waals surface area contributed by atoms with Gasteiger partial charge in [0, 0.05) is 22.6 Å². The third-order valence-corrected chi connectivity index (χ3v) is 5.35. The van der Waals surface area contributed by atoms with Gasteiger partial charge in [-0.05, 0) is 48.0 Å². The number of hydrogen-bond donors (Lipinski definition) is 0. The molecule has 7 heteroatoms. The van der Waals surface area contributed by atoms with E-state index in [0.717, 1.165) is 20.5 Å². The third kappa shape index (κ3) is 2.92. The van der Waals surface area contributed by atoms with Gasteiger partial charge in [-0.2, -0.15) is 0 Å². The molecule has 3 heterocycles. The summed E-state index contributed by atoms with van der Waals surface area (Å²) in [4.78, 5) is 24.1. The molecule has 0 N–H and O–H groups in total. The van der Waals surface area contributed by atoms with Gasteiger partial charge < -0.3 is 4.90 Å². The third-order valence-electron chi connectivity index (χ3n) is 3.77. The zero-order valence-electron chi connectivity index (χ0n) is 12.6. The molecule has 0 bridgehead atoms. The number of pyridine rings is 1. The fourth-order valence-corrected chi connectivity index (χ4v) is 3.76. The first kappa shape index (κ1) is 15.3. The maximum Gasteiger partial charge on any atom is 0.271 e. The van der Waals surface area contributed by atoms with E-state index in [1.165, 1.54) is 11.3 Å². The zero-order chi connectivity index (χ0) is 16.5. The van der Waals surface area contributed by atoms with Gasteiger partial charge in [-0.15, -0.1) is 0 Å². The van der Waals surface area contributed by atoms with Gasteiger partial charge in [0.2, 0.25) is 0 Å². The number of halogens is 1. The first-order valence-electron chi connectivity index (χ1n) is 7.37. The Labute approximate surface area is 150 Å². The summed E-state index contributed by atoms with van der Waals surface area (Å²) in [6.45, 7) is 1.07. The monoisotopic (exact) mass is 400 g/mol. The van der Waals surface area contributed by atoms with E-state index in [1.54, 1.807) is 17.0 Å². The van der Waals surface area contributed by atoms with E-state index in [0.29, 0.717) is 17.9 Å². The molecule has 1 aromatic carbocycles. The highest BCUT2D eigenvalue weighted by Gasteiger charge is 2.15. The molecule has 0 radical (unpaired) electrons. The minimum Gasteiger partial charge on any atom is -0.334 e. The van der Waals surface area contributed by atoms with Gasteiger partial charge in [-0.3, -0.25) is 14.3 Å². The van der Waals surface area contributed by atoms with E-state index in [9.17, 15) is 4.79 Å². The lowest BCUT2D eigenvalue weighted by molar-refractivity contribution is 0.569. The quantitative estimate of drug-likeness (QED) is 0.660. The lowest BCUT2D eigenvalue weighted by Crippen LogP contribution is -2.42. The van der Waals surface area contributed by atoms with Gasteiger partial charge in [0.15, 0.2) is 4.80 Å². The Hall–Kier alpha value is -2.25. The zero-order valence-corrected chi connectivity index (χ0v) is 15.0. The standard InChI is InChI=1S/C17H13BrN4OS/c18-13-1-3-14(4-2-13)21-10-20-17-22(11-21)16(23)15(24-17)9-12-5-7-19-8-6-12/h1-9H,10-11H2. The van der Waals surface area contributed by atoms with Crippen molar-refractivity contribution in [3.63, 3.8) is 0 Å². The molecule has 120 valence electrons. The minimum absolute atomic E-state index is 0.00243. The average molecular weight is 401 g/mol. The molecule has 3 aromatic rings. The van der Waals surface area contributed by atoms with E-state index in [1.807, 2.05) is 42.5 Å². The number of rotatable bonds is 2. The predicted molar refractivity (Wildman–Crippen MR) is 98.7 cm³/mol. The molecule has 5 nitrogen and oxygen atoms in total. The normalized spacial score (nSPS) is 14.4. The van der Waals surface area contributed by atoms with Crippen molar-refractivity contribution in [2.75, 3.05) is 11.6 Å². The van der Waals surface area contributed by atoms with Gasteiger partial charge in [-0.1, -0.05) is 27.3 Å². The van der Waals surface area contributed by atoms with E-state index in [2.05, 4.69) is 30.8 Å². The Morgan fingerprint density at radius 3 is 2.62 bits per heavy atom. The summed E-state index contributed by atoms with van der Waals surface area (Å²) in [6.07, 6.45) is 5.33. The van der Waals surface area contributed by atoms with E-state index in [4.69, 9.17) is 0 Å². The number of hydrogen-bond acceptors (Lipinski definition) is 5. The van der Waals surface area contributed by atoms with Gasteiger partial charge in [0.05, 0.1) is 4.53 Å². The van der Waals surface area contributed by atoms with Crippen LogP contribution in [0, 0.1) is 0 Å². The maximum atomic E-state index is 12.7. The number of fused-ring (bicyclic) bond motifs is 1. The minimum atomic E-state index is -0.00243. The average Bonchev–Trinajstić information content (AvgIpc) is 2.92. The summed E-state index contributed by atoms with van der Waals surface area (Å²) >= 11 is 4.87. The van der Waals surface area contributed by atoms with Crippen LogP contribution in [0.15, 0.2) is 63.1 Å². The predicted octanol–water partition coefficient (Wildman–Crippen LogP) is 1.95. The second-order valence-corrected chi connectivity index (χ2v) is 7.29.